The van der Waals surface area contributed by atoms with Crippen LogP contribution in [0.2, 0.25) is 0 Å². The minimum Gasteiger partial charge on any atom is -0.482 e. The quantitative estimate of drug-likeness (QED) is 0.107. The van der Waals surface area contributed by atoms with Gasteiger partial charge in [-0.1, -0.05) is 12.1 Å². The molecule has 5 rings (SSSR count). The van der Waals surface area contributed by atoms with Crippen LogP contribution in [0.5, 0.6) is 17.2 Å². The molecule has 1 aromatic heterocycles. The first-order valence-corrected chi connectivity index (χ1v) is 16.7. The van der Waals surface area contributed by atoms with Crippen LogP contribution in [0.25, 0.3) is 11.0 Å². The molecular weight excluding hydrogens is 738 g/mol. The number of benzene rings is 2. The van der Waals surface area contributed by atoms with Crippen molar-refractivity contribution >= 4 is 70.3 Å². The summed E-state index contributed by atoms with van der Waals surface area (Å²) in [7, 11) is 0. The lowest BCUT2D eigenvalue weighted by atomic mass is 10.0. The second-order valence-electron chi connectivity index (χ2n) is 11.5. The van der Waals surface area contributed by atoms with Crippen LogP contribution < -0.4 is 30.3 Å². The summed E-state index contributed by atoms with van der Waals surface area (Å²) < 4.78 is 25.7. The number of aliphatic carboxylic acids is 2. The van der Waals surface area contributed by atoms with Crippen molar-refractivity contribution in [2.45, 2.75) is 38.2 Å². The number of nitrogens with one attached hydrogen (secondary N) is 2. The van der Waals surface area contributed by atoms with Gasteiger partial charge in [-0.15, -0.1) is 11.8 Å². The number of ether oxygens (including phenoxy) is 4. The Bertz CT molecular complexity index is 2190. The number of fused-ring (bicyclic) bond motifs is 2. The molecule has 1 fully saturated rings. The summed E-state index contributed by atoms with van der Waals surface area (Å²) in [5, 5.41) is 22.6. The van der Waals surface area contributed by atoms with E-state index in [1.54, 1.807) is 0 Å². The summed E-state index contributed by atoms with van der Waals surface area (Å²) in [6.45, 7) is 2.25. The number of thioether (sulfide) groups is 1. The van der Waals surface area contributed by atoms with Crippen molar-refractivity contribution in [2.24, 2.45) is 0 Å². The molecule has 3 heterocycles. The largest absolute Gasteiger partial charge is 0.482 e. The number of β-lactam (4-membered cyclic amide) rings is 1. The molecule has 2 aliphatic heterocycles. The zero-order chi connectivity index (χ0) is 39.4. The van der Waals surface area contributed by atoms with Gasteiger partial charge in [0.2, 0.25) is 17.1 Å². The fourth-order valence-corrected chi connectivity index (χ4v) is 6.75. The van der Waals surface area contributed by atoms with E-state index < -0.39 is 94.1 Å². The summed E-state index contributed by atoms with van der Waals surface area (Å²) in [5.41, 5.74) is -2.01. The van der Waals surface area contributed by atoms with E-state index in [0.717, 1.165) is 55.8 Å². The van der Waals surface area contributed by atoms with Crippen molar-refractivity contribution in [3.8, 4) is 17.2 Å². The van der Waals surface area contributed by atoms with Gasteiger partial charge in [-0.3, -0.25) is 38.5 Å². The number of carbonyl (C=O) groups excluding carboxylic acids is 6. The lowest BCUT2D eigenvalue weighted by Crippen LogP contribution is -2.71. The normalized spacial score (nSPS) is 16.6. The number of hydrogen-bond donors (Lipinski definition) is 4. The lowest BCUT2D eigenvalue weighted by Gasteiger charge is -2.49. The molecule has 54 heavy (non-hydrogen) atoms. The van der Waals surface area contributed by atoms with E-state index in [4.69, 9.17) is 28.5 Å². The molecule has 19 nitrogen and oxygen atoms in total. The minimum atomic E-state index is -1.62. The minimum absolute atomic E-state index is 0.0486. The first-order chi connectivity index (χ1) is 25.6. The molecule has 282 valence electrons. The lowest BCUT2D eigenvalue weighted by molar-refractivity contribution is -0.151. The molecule has 0 spiro atoms. The van der Waals surface area contributed by atoms with Gasteiger partial charge < -0.3 is 44.2 Å². The first-order valence-electron chi connectivity index (χ1n) is 15.6. The SMILES string of the molecule is CC(=O)OCC1=C(C(=O)O)N2C(=O)[C@H](NC(=O)C(NC(=O)c3coc4c(OC(C)=O)c(OC(C)=O)ccc4c3=O)c3ccc(OCC(=O)O)cc3)[C@@H]2SC1. The third-order valence-corrected chi connectivity index (χ3v) is 9.05. The Morgan fingerprint density at radius 1 is 0.944 bits per heavy atom. The topological polar surface area (TPSA) is 271 Å². The molecule has 3 amide bonds. The van der Waals surface area contributed by atoms with Crippen LogP contribution in [0.4, 0.5) is 0 Å². The number of rotatable bonds is 13. The molecule has 2 aromatic carbocycles. The predicted octanol–water partition coefficient (Wildman–Crippen LogP) is 0.880. The molecule has 20 heteroatoms. The van der Waals surface area contributed by atoms with Gasteiger partial charge in [-0.2, -0.15) is 0 Å². The highest BCUT2D eigenvalue weighted by Crippen LogP contribution is 2.41. The molecule has 3 aromatic rings. The highest BCUT2D eigenvalue weighted by atomic mass is 32.2. The molecule has 0 radical (unpaired) electrons. The summed E-state index contributed by atoms with van der Waals surface area (Å²) in [5.74, 6) is -8.36. The second kappa shape index (κ2) is 15.9. The summed E-state index contributed by atoms with van der Waals surface area (Å²) >= 11 is 1.10. The van der Waals surface area contributed by atoms with Crippen molar-refractivity contribution in [3.63, 3.8) is 0 Å². The van der Waals surface area contributed by atoms with E-state index in [-0.39, 0.29) is 46.0 Å². The fourth-order valence-electron chi connectivity index (χ4n) is 5.42. The molecule has 0 saturated carbocycles. The number of carboxylic acids is 2. The Labute approximate surface area is 307 Å². The predicted molar refractivity (Wildman–Crippen MR) is 181 cm³/mol. The van der Waals surface area contributed by atoms with E-state index >= 15 is 0 Å². The maximum absolute atomic E-state index is 13.9. The average Bonchev–Trinajstić information content (AvgIpc) is 3.11. The third-order valence-electron chi connectivity index (χ3n) is 7.71. The zero-order valence-electron chi connectivity index (χ0n) is 28.4. The Morgan fingerprint density at radius 3 is 2.24 bits per heavy atom. The van der Waals surface area contributed by atoms with E-state index in [1.165, 1.54) is 24.3 Å². The van der Waals surface area contributed by atoms with Gasteiger partial charge in [0.1, 0.15) is 47.3 Å². The smallest absolute Gasteiger partial charge is 0.352 e. The van der Waals surface area contributed by atoms with Crippen molar-refractivity contribution < 1.29 is 71.9 Å². The monoisotopic (exact) mass is 767 g/mol. The van der Waals surface area contributed by atoms with Crippen LogP contribution in [-0.4, -0.2) is 93.1 Å². The van der Waals surface area contributed by atoms with Crippen LogP contribution in [-0.2, 0) is 38.3 Å². The number of hydrogen-bond acceptors (Lipinski definition) is 15. The highest BCUT2D eigenvalue weighted by Gasteiger charge is 2.54. The zero-order valence-corrected chi connectivity index (χ0v) is 29.2. The number of carboxylic acid groups (broad SMARTS) is 2. The van der Waals surface area contributed by atoms with Gasteiger partial charge in [0.25, 0.3) is 11.8 Å². The Kier molecular flexibility index (Phi) is 11.3. The maximum Gasteiger partial charge on any atom is 0.352 e. The molecule has 2 aliphatic rings. The molecule has 3 atom stereocenters. The van der Waals surface area contributed by atoms with Crippen LogP contribution in [0.1, 0.15) is 42.7 Å². The molecular formula is C34H29N3O16S. The van der Waals surface area contributed by atoms with Crippen LogP contribution in [0, 0.1) is 0 Å². The Morgan fingerprint density at radius 2 is 1.63 bits per heavy atom. The van der Waals surface area contributed by atoms with Gasteiger partial charge in [-0.05, 0) is 29.8 Å². The van der Waals surface area contributed by atoms with Crippen LogP contribution in [0.3, 0.4) is 0 Å². The van der Waals surface area contributed by atoms with Crippen LogP contribution >= 0.6 is 11.8 Å². The molecule has 1 saturated heterocycles. The fraction of sp³-hybridized carbons (Fsp3) is 0.265. The maximum atomic E-state index is 13.9. The van der Waals surface area contributed by atoms with Gasteiger partial charge in [0.05, 0.1) is 5.39 Å². The third kappa shape index (κ3) is 8.17. The van der Waals surface area contributed by atoms with Crippen molar-refractivity contribution in [3.05, 3.63) is 75.3 Å². The van der Waals surface area contributed by atoms with E-state index in [2.05, 4.69) is 10.6 Å². The van der Waals surface area contributed by atoms with Gasteiger partial charge in [-0.25, -0.2) is 9.59 Å². The summed E-state index contributed by atoms with van der Waals surface area (Å²) in [4.78, 5) is 113. The molecule has 0 aliphatic carbocycles. The summed E-state index contributed by atoms with van der Waals surface area (Å²) in [6, 6.07) is 4.71. The van der Waals surface area contributed by atoms with Crippen molar-refractivity contribution in [2.75, 3.05) is 19.0 Å². The average molecular weight is 768 g/mol. The van der Waals surface area contributed by atoms with Crippen molar-refractivity contribution in [1.29, 1.82) is 0 Å². The van der Waals surface area contributed by atoms with Gasteiger partial charge >= 0.3 is 29.8 Å². The number of carbonyl (C=O) groups is 8. The molecule has 0 bridgehead atoms. The number of nitrogens with zero attached hydrogens (tertiary/aromatic N) is 1. The number of amides is 3. The second-order valence-corrected chi connectivity index (χ2v) is 12.6. The number of esters is 3. The Balaban J connectivity index is 1.45. The standard InChI is InChI=1S/C34H29N3O16S/c1-14(38)49-10-18-13-54-33-25(32(46)37(33)26(18)34(47)48)36-31(45)24(17-4-6-19(7-5-17)50-12-23(41)42)35-30(44)21-11-51-28-20(27(21)43)8-9-22(52-15(2)39)29(28)53-16(3)40/h4-9,11,24-25,33H,10,12-13H2,1-3H3,(H,35,44)(H,36,45)(H,41,42)(H,47,48)/t24?,25-,33-/m0/s1. The van der Waals surface area contributed by atoms with E-state index in [1.807, 2.05) is 0 Å². The molecule has 4 N–H and O–H groups in total. The first kappa shape index (κ1) is 38.5. The highest BCUT2D eigenvalue weighted by molar-refractivity contribution is 8.00. The van der Waals surface area contributed by atoms with Crippen molar-refractivity contribution in [1.82, 2.24) is 15.5 Å². The molecule has 1 unspecified atom stereocenters. The summed E-state index contributed by atoms with van der Waals surface area (Å²) in [6.07, 6.45) is 0.738. The van der Waals surface area contributed by atoms with Gasteiger partial charge in [0.15, 0.2) is 17.9 Å². The van der Waals surface area contributed by atoms with Crippen LogP contribution in [0.15, 0.2) is 63.1 Å². The van der Waals surface area contributed by atoms with E-state index in [9.17, 15) is 48.3 Å². The van der Waals surface area contributed by atoms with E-state index in [0.29, 0.717) is 0 Å². The Hall–Kier alpha value is -6.70. The van der Waals surface area contributed by atoms with Gasteiger partial charge in [0, 0.05) is 32.1 Å².